The third-order valence-electron chi connectivity index (χ3n) is 14.4. The van der Waals surface area contributed by atoms with E-state index in [9.17, 15) is 0 Å². The molecule has 334 valence electrons. The van der Waals surface area contributed by atoms with Crippen LogP contribution in [-0.4, -0.2) is 48.1 Å². The minimum Gasteiger partial charge on any atom is -0.493 e. The largest absolute Gasteiger partial charge is 0.493 e. The molecule has 4 nitrogen and oxygen atoms in total. The minimum absolute atomic E-state index is 0.0728. The van der Waals surface area contributed by atoms with Crippen LogP contribution in [0, 0.1) is 11.8 Å². The fraction of sp³-hybridized carbons (Fsp3) is 0.267. The van der Waals surface area contributed by atoms with Crippen LogP contribution in [0.5, 0.6) is 11.5 Å². The molecule has 2 fully saturated rings. The van der Waals surface area contributed by atoms with Crippen molar-refractivity contribution < 1.29 is 18.9 Å². The van der Waals surface area contributed by atoms with E-state index >= 15 is 0 Å². The summed E-state index contributed by atoms with van der Waals surface area (Å²) in [6.07, 6.45) is -0.146. The maximum Gasteiger partial charge on any atom is 0.119 e. The summed E-state index contributed by atoms with van der Waals surface area (Å²) in [6.45, 7) is 12.3. The molecule has 2 aliphatic heterocycles. The van der Waals surface area contributed by atoms with Gasteiger partial charge in [-0.05, 0) is 90.0 Å². The van der Waals surface area contributed by atoms with E-state index in [1.165, 1.54) is 54.4 Å². The summed E-state index contributed by atoms with van der Waals surface area (Å²) in [5.41, 5.74) is 6.39. The van der Waals surface area contributed by atoms with Crippen LogP contribution in [0.3, 0.4) is 0 Å². The molecule has 6 heteroatoms. The Morgan fingerprint density at radius 2 is 0.712 bits per heavy atom. The fourth-order valence-electron chi connectivity index (χ4n) is 11.0. The molecular formula is C60H60O4P2. The molecule has 0 bridgehead atoms. The predicted molar refractivity (Wildman–Crippen MR) is 279 cm³/mol. The van der Waals surface area contributed by atoms with Gasteiger partial charge in [-0.1, -0.05) is 213 Å². The Balaban J connectivity index is 1.10. The number of fused-ring (bicyclic) bond motifs is 2. The quantitative estimate of drug-likeness (QED) is 0.0961. The van der Waals surface area contributed by atoms with Gasteiger partial charge in [-0.3, -0.25) is 0 Å². The van der Waals surface area contributed by atoms with E-state index in [4.69, 9.17) is 18.9 Å². The molecule has 0 aliphatic carbocycles. The molecule has 0 aromatic heterocycles. The van der Waals surface area contributed by atoms with Gasteiger partial charge in [0.05, 0.1) is 38.6 Å². The van der Waals surface area contributed by atoms with Gasteiger partial charge in [0.25, 0.3) is 0 Å². The van der Waals surface area contributed by atoms with E-state index in [1.54, 1.807) is 0 Å². The van der Waals surface area contributed by atoms with Crippen LogP contribution < -0.4 is 20.1 Å². The lowest BCUT2D eigenvalue weighted by Crippen LogP contribution is -2.36. The van der Waals surface area contributed by atoms with Crippen molar-refractivity contribution in [1.82, 2.24) is 0 Å². The minimum atomic E-state index is -0.785. The molecule has 2 heterocycles. The third-order valence-corrected chi connectivity index (χ3v) is 21.1. The molecular weight excluding hydrogens is 847 g/mol. The molecule has 66 heavy (non-hydrogen) atoms. The van der Waals surface area contributed by atoms with Gasteiger partial charge >= 0.3 is 0 Å². The Hall–Kier alpha value is -5.34. The standard InChI is InChI=1S/C60H60O4P2/c1-41-53(39-61-49-27-13-7-14-28-49)54(40-62-50-29-15-8-16-30-50)42(2)65(41)55-35-33-47-25-17-19-31-51(47)57(55)58-52-32-20-18-26-48(52)34-36-56(58)66-43(3)59(63-37-45-21-9-5-10-22-45)60(44(66)4)64-38-46-23-11-6-12-24-46/h5-36,41-44,53-54,59-60H,37-40H2,1-4H3/t41-,42-,43-,44-,53+,54+,59+,60+/m1/s1. The second kappa shape index (κ2) is 20.3. The highest BCUT2D eigenvalue weighted by Crippen LogP contribution is 2.63. The highest BCUT2D eigenvalue weighted by Gasteiger charge is 2.51. The molecule has 0 spiro atoms. The number of rotatable bonds is 15. The van der Waals surface area contributed by atoms with Gasteiger partial charge in [-0.2, -0.15) is 0 Å². The zero-order chi connectivity index (χ0) is 45.0. The van der Waals surface area contributed by atoms with Gasteiger partial charge in [0.2, 0.25) is 0 Å². The van der Waals surface area contributed by atoms with Crippen molar-refractivity contribution in [1.29, 1.82) is 0 Å². The first-order valence-corrected chi connectivity index (χ1v) is 26.7. The van der Waals surface area contributed by atoms with Crippen molar-refractivity contribution in [3.8, 4) is 22.6 Å². The molecule has 2 aliphatic rings. The molecule has 0 radical (unpaired) electrons. The van der Waals surface area contributed by atoms with Gasteiger partial charge in [-0.15, -0.1) is 0 Å². The Bertz CT molecular complexity index is 2530. The summed E-state index contributed by atoms with van der Waals surface area (Å²) in [6, 6.07) is 69.8. The van der Waals surface area contributed by atoms with Crippen molar-refractivity contribution in [3.05, 3.63) is 205 Å². The van der Waals surface area contributed by atoms with Crippen LogP contribution >= 0.6 is 15.8 Å². The van der Waals surface area contributed by atoms with Crippen LogP contribution in [0.2, 0.25) is 0 Å². The van der Waals surface area contributed by atoms with Crippen LogP contribution in [0.1, 0.15) is 38.8 Å². The number of benzene rings is 8. The van der Waals surface area contributed by atoms with Crippen molar-refractivity contribution >= 4 is 48.0 Å². The summed E-state index contributed by atoms with van der Waals surface area (Å²) in [5.74, 6) is 2.43. The zero-order valence-corrected chi connectivity index (χ0v) is 40.2. The van der Waals surface area contributed by atoms with E-state index in [0.29, 0.717) is 49.6 Å². The van der Waals surface area contributed by atoms with E-state index in [-0.39, 0.29) is 23.5 Å². The third kappa shape index (κ3) is 9.07. The summed E-state index contributed by atoms with van der Waals surface area (Å²) in [4.78, 5) is 0. The van der Waals surface area contributed by atoms with E-state index < -0.39 is 15.8 Å². The SMILES string of the molecule is C[C@@H]1[C@H](COc2ccccc2)[C@@H](COc2ccccc2)[C@@H](C)P1c1ccc2ccccc2c1-c1c(P2[C@H](C)[C@H](OCc3ccccc3)[C@@H](OCc3ccccc3)[C@H]2C)ccc2ccccc12. The van der Waals surface area contributed by atoms with Gasteiger partial charge < -0.3 is 18.9 Å². The highest BCUT2D eigenvalue weighted by atomic mass is 31.1. The first kappa shape index (κ1) is 44.5. The lowest BCUT2D eigenvalue weighted by Gasteiger charge is -2.31. The zero-order valence-electron chi connectivity index (χ0n) is 38.4. The molecule has 0 unspecified atom stereocenters. The van der Waals surface area contributed by atoms with Crippen molar-refractivity contribution in [2.45, 2.75) is 75.8 Å². The Kier molecular flexibility index (Phi) is 13.7. The van der Waals surface area contributed by atoms with Crippen molar-refractivity contribution in [2.24, 2.45) is 11.8 Å². The number of hydrogen-bond acceptors (Lipinski definition) is 4. The van der Waals surface area contributed by atoms with E-state index in [2.05, 4.69) is 222 Å². The van der Waals surface area contributed by atoms with Gasteiger partial charge in [0.1, 0.15) is 11.5 Å². The molecule has 10 rings (SSSR count). The number of hydrogen-bond donors (Lipinski definition) is 0. The van der Waals surface area contributed by atoms with Crippen molar-refractivity contribution in [2.75, 3.05) is 13.2 Å². The number of ether oxygens (including phenoxy) is 4. The predicted octanol–water partition coefficient (Wildman–Crippen LogP) is 14.0. The molecule has 2 saturated heterocycles. The molecule has 0 N–H and O–H groups in total. The Morgan fingerprint density at radius 3 is 1.12 bits per heavy atom. The van der Waals surface area contributed by atoms with Gasteiger partial charge in [0.15, 0.2) is 0 Å². The lowest BCUT2D eigenvalue weighted by molar-refractivity contribution is -0.0758. The first-order valence-electron chi connectivity index (χ1n) is 23.7. The van der Waals surface area contributed by atoms with Crippen molar-refractivity contribution in [3.63, 3.8) is 0 Å². The first-order chi connectivity index (χ1) is 32.4. The van der Waals surface area contributed by atoms with Gasteiger partial charge in [-0.25, -0.2) is 0 Å². The molecule has 8 atom stereocenters. The summed E-state index contributed by atoms with van der Waals surface area (Å²) >= 11 is 0. The van der Waals surface area contributed by atoms with Crippen LogP contribution in [0.25, 0.3) is 32.7 Å². The molecule has 8 aromatic rings. The van der Waals surface area contributed by atoms with Crippen LogP contribution in [0.4, 0.5) is 0 Å². The van der Waals surface area contributed by atoms with Crippen LogP contribution in [0.15, 0.2) is 194 Å². The second-order valence-electron chi connectivity index (χ2n) is 18.2. The summed E-state index contributed by atoms with van der Waals surface area (Å²) < 4.78 is 27.5. The second-order valence-corrected chi connectivity index (χ2v) is 24.1. The van der Waals surface area contributed by atoms with Gasteiger partial charge in [0, 0.05) is 23.2 Å². The Morgan fingerprint density at radius 1 is 0.364 bits per heavy atom. The average molecular weight is 907 g/mol. The fourth-order valence-corrected chi connectivity index (χ4v) is 18.3. The van der Waals surface area contributed by atoms with E-state index in [0.717, 1.165) is 11.5 Å². The average Bonchev–Trinajstić information content (AvgIpc) is 3.75. The lowest BCUT2D eigenvalue weighted by atomic mass is 9.89. The summed E-state index contributed by atoms with van der Waals surface area (Å²) in [7, 11) is -1.49. The monoisotopic (exact) mass is 906 g/mol. The molecule has 8 aromatic carbocycles. The van der Waals surface area contributed by atoms with E-state index in [1.807, 2.05) is 0 Å². The molecule has 0 amide bonds. The maximum atomic E-state index is 7.07. The Labute approximate surface area is 393 Å². The normalized spacial score (nSPS) is 25.0. The smallest absolute Gasteiger partial charge is 0.119 e. The molecule has 0 saturated carbocycles. The maximum absolute atomic E-state index is 7.07. The summed E-state index contributed by atoms with van der Waals surface area (Å²) in [5, 5.41) is 8.10. The van der Waals surface area contributed by atoms with Crippen LogP contribution in [-0.2, 0) is 22.7 Å². The topological polar surface area (TPSA) is 36.9 Å². The highest BCUT2D eigenvalue weighted by molar-refractivity contribution is 7.68. The number of para-hydroxylation sites is 2.